The Kier molecular flexibility index (Phi) is 7.35. The third kappa shape index (κ3) is 6.16. The molecule has 0 atom stereocenters. The summed E-state index contributed by atoms with van der Waals surface area (Å²) in [7, 11) is 1.91. The highest BCUT2D eigenvalue weighted by Crippen LogP contribution is 2.36. The average Bonchev–Trinajstić information content (AvgIpc) is 2.83. The first-order valence-electron chi connectivity index (χ1n) is 11.4. The molecule has 0 radical (unpaired) electrons. The van der Waals surface area contributed by atoms with E-state index in [1.165, 1.54) is 30.5 Å². The summed E-state index contributed by atoms with van der Waals surface area (Å²) in [6, 6.07) is 11.5. The molecule has 5 nitrogen and oxygen atoms in total. The second-order valence-electron chi connectivity index (χ2n) is 8.56. The fourth-order valence-electron chi connectivity index (χ4n) is 3.95. The summed E-state index contributed by atoms with van der Waals surface area (Å²) in [4.78, 5) is 14.9. The van der Waals surface area contributed by atoms with E-state index in [-0.39, 0.29) is 17.0 Å². The van der Waals surface area contributed by atoms with Crippen molar-refractivity contribution in [2.75, 3.05) is 18.9 Å². The summed E-state index contributed by atoms with van der Waals surface area (Å²) in [5.41, 5.74) is -0.294. The van der Waals surface area contributed by atoms with Crippen LogP contribution >= 0.6 is 0 Å². The van der Waals surface area contributed by atoms with Crippen molar-refractivity contribution >= 4 is 22.4 Å². The lowest BCUT2D eigenvalue weighted by molar-refractivity contribution is -0.138. The molecule has 0 amide bonds. The van der Waals surface area contributed by atoms with Gasteiger partial charge in [-0.15, -0.1) is 0 Å². The van der Waals surface area contributed by atoms with Crippen LogP contribution < -0.4 is 5.32 Å². The van der Waals surface area contributed by atoms with Crippen molar-refractivity contribution in [1.82, 2.24) is 19.9 Å². The molecular weight excluding hydrogens is 496 g/mol. The van der Waals surface area contributed by atoms with Crippen LogP contribution in [0.3, 0.4) is 0 Å². The number of benzene rings is 1. The first-order valence-corrected chi connectivity index (χ1v) is 11.4. The van der Waals surface area contributed by atoms with E-state index < -0.39 is 23.5 Å². The van der Waals surface area contributed by atoms with E-state index in [4.69, 9.17) is 0 Å². The number of alkyl halides is 6. The lowest BCUT2D eigenvalue weighted by Crippen LogP contribution is -2.19. The number of fused-ring (bicyclic) bond motifs is 1. The van der Waals surface area contributed by atoms with Crippen LogP contribution in [0.15, 0.2) is 60.8 Å². The minimum absolute atomic E-state index is 0.00691. The highest BCUT2D eigenvalue weighted by molar-refractivity contribution is 5.92. The highest BCUT2D eigenvalue weighted by atomic mass is 19.4. The summed E-state index contributed by atoms with van der Waals surface area (Å²) in [5.74, 6) is 0. The highest BCUT2D eigenvalue weighted by Gasteiger charge is 2.34. The lowest BCUT2D eigenvalue weighted by Gasteiger charge is -2.18. The number of anilines is 2. The molecule has 194 valence electrons. The topological polar surface area (TPSA) is 53.9 Å². The van der Waals surface area contributed by atoms with E-state index in [0.29, 0.717) is 29.0 Å². The van der Waals surface area contributed by atoms with E-state index >= 15 is 0 Å². The molecule has 0 saturated heterocycles. The Balaban J connectivity index is 1.80. The van der Waals surface area contributed by atoms with Crippen LogP contribution in [-0.4, -0.2) is 33.4 Å². The molecule has 1 N–H and O–H groups in total. The second kappa shape index (κ2) is 10.3. The fourth-order valence-corrected chi connectivity index (χ4v) is 3.95. The number of rotatable bonds is 7. The molecular formula is C26H23F6N5. The minimum atomic E-state index is -4.62. The zero-order chi connectivity index (χ0) is 26.8. The van der Waals surface area contributed by atoms with Crippen LogP contribution in [0.5, 0.6) is 0 Å². The number of aromatic nitrogens is 3. The second-order valence-corrected chi connectivity index (χ2v) is 8.56. The summed E-state index contributed by atoms with van der Waals surface area (Å²) in [6.45, 7) is 3.26. The smallest absolute Gasteiger partial charge is 0.355 e. The van der Waals surface area contributed by atoms with Gasteiger partial charge in [0.25, 0.3) is 0 Å². The molecule has 3 aromatic heterocycles. The van der Waals surface area contributed by atoms with Crippen molar-refractivity contribution in [2.24, 2.45) is 0 Å². The lowest BCUT2D eigenvalue weighted by atomic mass is 10.1. The van der Waals surface area contributed by atoms with E-state index in [0.717, 1.165) is 31.2 Å². The van der Waals surface area contributed by atoms with Gasteiger partial charge in [-0.2, -0.15) is 26.3 Å². The number of nitrogens with one attached hydrogen (secondary N) is 1. The van der Waals surface area contributed by atoms with E-state index in [2.05, 4.69) is 20.3 Å². The molecule has 0 fully saturated rings. The molecule has 0 aliphatic rings. The summed E-state index contributed by atoms with van der Waals surface area (Å²) < 4.78 is 79.6. The molecule has 0 bridgehead atoms. The fraction of sp³-hybridized carbons (Fsp3) is 0.269. The molecule has 0 aliphatic heterocycles. The van der Waals surface area contributed by atoms with Gasteiger partial charge in [0, 0.05) is 23.8 Å². The molecule has 37 heavy (non-hydrogen) atoms. The molecule has 3 heterocycles. The molecule has 0 saturated carbocycles. The number of hydrogen-bond acceptors (Lipinski definition) is 5. The quantitative estimate of drug-likeness (QED) is 0.260. The van der Waals surface area contributed by atoms with Crippen molar-refractivity contribution in [3.05, 3.63) is 77.6 Å². The standard InChI is InChI=1S/C26H23F6N5/c1-3-13-37(2)15-18-14-22(34-17-8-6-16(7-9-17)25(27,28)29)19-10-11-21(36-24(19)35-18)23-20(26(30,31)32)5-4-12-33-23/h4-12,14H,3,13,15H2,1-2H3,(H,34,35,36). The Morgan fingerprint density at radius 2 is 1.62 bits per heavy atom. The predicted octanol–water partition coefficient (Wildman–Crippen LogP) is 7.31. The van der Waals surface area contributed by atoms with Crippen LogP contribution in [0.25, 0.3) is 22.4 Å². The first kappa shape index (κ1) is 26.3. The van der Waals surface area contributed by atoms with Gasteiger partial charge in [0.1, 0.15) is 5.69 Å². The Labute approximate surface area is 209 Å². The Hall–Kier alpha value is -3.73. The molecule has 11 heteroatoms. The van der Waals surface area contributed by atoms with Gasteiger partial charge < -0.3 is 10.2 Å². The largest absolute Gasteiger partial charge is 0.418 e. The maximum Gasteiger partial charge on any atom is 0.418 e. The monoisotopic (exact) mass is 519 g/mol. The normalized spacial score (nSPS) is 12.4. The Morgan fingerprint density at radius 1 is 0.892 bits per heavy atom. The number of nitrogens with zero attached hydrogens (tertiary/aromatic N) is 4. The van der Waals surface area contributed by atoms with Gasteiger partial charge in [0.15, 0.2) is 5.65 Å². The van der Waals surface area contributed by atoms with Gasteiger partial charge in [-0.25, -0.2) is 9.97 Å². The van der Waals surface area contributed by atoms with Gasteiger partial charge >= 0.3 is 12.4 Å². The Morgan fingerprint density at radius 3 is 2.27 bits per heavy atom. The van der Waals surface area contributed by atoms with Crippen molar-refractivity contribution < 1.29 is 26.3 Å². The molecule has 4 rings (SSSR count). The minimum Gasteiger partial charge on any atom is -0.355 e. The van der Waals surface area contributed by atoms with E-state index in [1.807, 2.05) is 18.9 Å². The maximum absolute atomic E-state index is 13.6. The van der Waals surface area contributed by atoms with Crippen molar-refractivity contribution in [2.45, 2.75) is 32.2 Å². The van der Waals surface area contributed by atoms with Gasteiger partial charge in [-0.3, -0.25) is 4.98 Å². The zero-order valence-electron chi connectivity index (χ0n) is 20.0. The van der Waals surface area contributed by atoms with Gasteiger partial charge in [0.05, 0.1) is 28.2 Å². The van der Waals surface area contributed by atoms with Crippen LogP contribution in [0.4, 0.5) is 37.7 Å². The molecule has 0 unspecified atom stereocenters. The number of pyridine rings is 3. The Bertz CT molecular complexity index is 1380. The molecule has 0 aliphatic carbocycles. The predicted molar refractivity (Wildman–Crippen MR) is 129 cm³/mol. The molecule has 1 aromatic carbocycles. The van der Waals surface area contributed by atoms with E-state index in [1.54, 1.807) is 12.1 Å². The van der Waals surface area contributed by atoms with Gasteiger partial charge in [-0.1, -0.05) is 6.92 Å². The summed E-state index contributed by atoms with van der Waals surface area (Å²) in [5, 5.41) is 3.60. The average molecular weight is 519 g/mol. The SMILES string of the molecule is CCCN(C)Cc1cc(Nc2ccc(C(F)(F)F)cc2)c2ccc(-c3ncccc3C(F)(F)F)nc2n1. The first-order chi connectivity index (χ1) is 17.5. The third-order valence-corrected chi connectivity index (χ3v) is 5.61. The summed E-state index contributed by atoms with van der Waals surface area (Å²) in [6.07, 6.45) is -6.91. The van der Waals surface area contributed by atoms with Crippen LogP contribution in [0.1, 0.15) is 30.2 Å². The number of hydrogen-bond donors (Lipinski definition) is 1. The van der Waals surface area contributed by atoms with Crippen LogP contribution in [0.2, 0.25) is 0 Å². The van der Waals surface area contributed by atoms with Gasteiger partial charge in [0.2, 0.25) is 0 Å². The molecule has 4 aromatic rings. The van der Waals surface area contributed by atoms with Gasteiger partial charge in [-0.05, 0) is 74.6 Å². The van der Waals surface area contributed by atoms with Crippen LogP contribution in [-0.2, 0) is 18.9 Å². The molecule has 0 spiro atoms. The number of halogens is 6. The van der Waals surface area contributed by atoms with E-state index in [9.17, 15) is 26.3 Å². The zero-order valence-corrected chi connectivity index (χ0v) is 20.0. The van der Waals surface area contributed by atoms with Crippen molar-refractivity contribution in [3.8, 4) is 11.4 Å². The van der Waals surface area contributed by atoms with Crippen molar-refractivity contribution in [1.29, 1.82) is 0 Å². The van der Waals surface area contributed by atoms with Crippen molar-refractivity contribution in [3.63, 3.8) is 0 Å². The van der Waals surface area contributed by atoms with Crippen LogP contribution in [0, 0.1) is 0 Å². The maximum atomic E-state index is 13.6. The summed E-state index contributed by atoms with van der Waals surface area (Å²) >= 11 is 0. The third-order valence-electron chi connectivity index (χ3n) is 5.61.